The molecule has 0 saturated carbocycles. The number of carbonyl (C=O) groups excluding carboxylic acids is 1. The van der Waals surface area contributed by atoms with Gasteiger partial charge in [-0.15, -0.1) is 16.8 Å². The highest BCUT2D eigenvalue weighted by Crippen LogP contribution is 2.29. The summed E-state index contributed by atoms with van der Waals surface area (Å²) in [6.07, 6.45) is 1.63. The summed E-state index contributed by atoms with van der Waals surface area (Å²) < 4.78 is 3.28. The van der Waals surface area contributed by atoms with Crippen molar-refractivity contribution < 1.29 is 4.79 Å². The maximum absolute atomic E-state index is 12.9. The Morgan fingerprint density at radius 3 is 2.81 bits per heavy atom. The Morgan fingerprint density at radius 2 is 2.03 bits per heavy atom. The minimum Gasteiger partial charge on any atom is -0.324 e. The van der Waals surface area contributed by atoms with E-state index in [4.69, 9.17) is 23.2 Å². The van der Waals surface area contributed by atoms with Crippen molar-refractivity contribution in [2.24, 2.45) is 0 Å². The molecule has 10 heteroatoms. The van der Waals surface area contributed by atoms with Gasteiger partial charge in [-0.2, -0.15) is 0 Å². The number of rotatable bonds is 6. The van der Waals surface area contributed by atoms with E-state index >= 15 is 0 Å². The maximum Gasteiger partial charge on any atom is 0.263 e. The predicted molar refractivity (Wildman–Crippen MR) is 125 cm³/mol. The number of benzene rings is 2. The van der Waals surface area contributed by atoms with Crippen molar-refractivity contribution in [3.8, 4) is 0 Å². The second-order valence-corrected chi connectivity index (χ2v) is 8.86. The number of amides is 1. The lowest BCUT2D eigenvalue weighted by atomic mass is 10.2. The van der Waals surface area contributed by atoms with E-state index in [-0.39, 0.29) is 11.5 Å². The monoisotopic (exact) mass is 473 g/mol. The van der Waals surface area contributed by atoms with Crippen molar-refractivity contribution in [3.63, 3.8) is 0 Å². The lowest BCUT2D eigenvalue weighted by Gasteiger charge is -2.13. The third kappa shape index (κ3) is 4.06. The number of para-hydroxylation sites is 1. The van der Waals surface area contributed by atoms with Crippen molar-refractivity contribution in [3.05, 3.63) is 75.5 Å². The fraction of sp³-hybridized carbons (Fsp3) is 0.143. The summed E-state index contributed by atoms with van der Waals surface area (Å²) in [4.78, 5) is 25.6. The zero-order valence-corrected chi connectivity index (χ0v) is 18.7. The van der Waals surface area contributed by atoms with Gasteiger partial charge in [0.2, 0.25) is 11.7 Å². The van der Waals surface area contributed by atoms with Crippen molar-refractivity contribution in [2.45, 2.75) is 23.9 Å². The SMILES string of the molecule is C=CCn1c(=O)c2ccccc2n2c(SC(C)C(=O)Nc3cc(Cl)ccc3Cl)nnc12. The molecule has 0 radical (unpaired) electrons. The normalized spacial score (nSPS) is 12.2. The Bertz CT molecular complexity index is 1380. The molecule has 1 N–H and O–H groups in total. The standard InChI is InChI=1S/C21H17Cl2N5O2S/c1-3-10-27-19(30)14-6-4-5-7-17(14)28-20(27)25-26-21(28)31-12(2)18(29)24-16-11-13(22)8-9-15(16)23/h3-9,11-12H,1,10H2,2H3,(H,24,29). The second kappa shape index (κ2) is 8.74. The van der Waals surface area contributed by atoms with Crippen molar-refractivity contribution in [2.75, 3.05) is 5.32 Å². The van der Waals surface area contributed by atoms with Gasteiger partial charge in [-0.05, 0) is 37.3 Å². The molecule has 0 spiro atoms. The second-order valence-electron chi connectivity index (χ2n) is 6.71. The van der Waals surface area contributed by atoms with Gasteiger partial charge in [0.15, 0.2) is 5.16 Å². The number of hydrogen-bond acceptors (Lipinski definition) is 5. The van der Waals surface area contributed by atoms with E-state index in [1.54, 1.807) is 47.7 Å². The molecule has 1 unspecified atom stereocenters. The highest BCUT2D eigenvalue weighted by Gasteiger charge is 2.22. The van der Waals surface area contributed by atoms with E-state index in [9.17, 15) is 9.59 Å². The molecule has 0 fully saturated rings. The summed E-state index contributed by atoms with van der Waals surface area (Å²) in [5.74, 6) is 0.117. The molecule has 0 saturated heterocycles. The van der Waals surface area contributed by atoms with Crippen LogP contribution in [0.4, 0.5) is 5.69 Å². The van der Waals surface area contributed by atoms with Gasteiger partial charge in [0.1, 0.15) is 0 Å². The Morgan fingerprint density at radius 1 is 1.26 bits per heavy atom. The van der Waals surface area contributed by atoms with Gasteiger partial charge in [-0.3, -0.25) is 18.6 Å². The Kier molecular flexibility index (Phi) is 6.04. The van der Waals surface area contributed by atoms with E-state index < -0.39 is 5.25 Å². The topological polar surface area (TPSA) is 81.3 Å². The van der Waals surface area contributed by atoms with Crippen molar-refractivity contribution >= 4 is 63.2 Å². The van der Waals surface area contributed by atoms with Gasteiger partial charge in [-0.1, -0.05) is 53.2 Å². The fourth-order valence-electron chi connectivity index (χ4n) is 3.14. The number of fused-ring (bicyclic) bond motifs is 3. The molecule has 31 heavy (non-hydrogen) atoms. The van der Waals surface area contributed by atoms with Gasteiger partial charge in [-0.25, -0.2) is 0 Å². The zero-order chi connectivity index (χ0) is 22.1. The largest absolute Gasteiger partial charge is 0.324 e. The van der Waals surface area contributed by atoms with Crippen LogP contribution in [0.15, 0.2) is 65.1 Å². The van der Waals surface area contributed by atoms with Gasteiger partial charge in [0.05, 0.1) is 26.9 Å². The zero-order valence-electron chi connectivity index (χ0n) is 16.4. The molecule has 2 heterocycles. The maximum atomic E-state index is 12.9. The first-order valence-electron chi connectivity index (χ1n) is 9.31. The number of allylic oxidation sites excluding steroid dienone is 1. The molecule has 1 amide bonds. The number of halogens is 2. The van der Waals surface area contributed by atoms with Crippen LogP contribution in [0, 0.1) is 0 Å². The summed E-state index contributed by atoms with van der Waals surface area (Å²) in [5.41, 5.74) is 0.928. The summed E-state index contributed by atoms with van der Waals surface area (Å²) in [6.45, 7) is 5.76. The summed E-state index contributed by atoms with van der Waals surface area (Å²) >= 11 is 13.4. The van der Waals surface area contributed by atoms with Gasteiger partial charge in [0, 0.05) is 11.6 Å². The summed E-state index contributed by atoms with van der Waals surface area (Å²) in [7, 11) is 0. The van der Waals surface area contributed by atoms with Crippen molar-refractivity contribution in [1.82, 2.24) is 19.2 Å². The number of anilines is 1. The molecule has 158 valence electrons. The third-order valence-electron chi connectivity index (χ3n) is 4.63. The van der Waals surface area contributed by atoms with Gasteiger partial charge < -0.3 is 5.32 Å². The number of nitrogens with one attached hydrogen (secondary N) is 1. The molecule has 4 rings (SSSR count). The van der Waals surface area contributed by atoms with Crippen molar-refractivity contribution in [1.29, 1.82) is 0 Å². The smallest absolute Gasteiger partial charge is 0.263 e. The average Bonchev–Trinajstić information content (AvgIpc) is 3.17. The Hall–Kier alpha value is -2.81. The molecular formula is C21H17Cl2N5O2S. The minimum atomic E-state index is -0.527. The molecule has 2 aromatic heterocycles. The van der Waals surface area contributed by atoms with Crippen LogP contribution in [0.1, 0.15) is 6.92 Å². The molecule has 0 bridgehead atoms. The van der Waals surface area contributed by atoms with Crippen LogP contribution in [0.5, 0.6) is 0 Å². The highest BCUT2D eigenvalue weighted by atomic mass is 35.5. The first-order chi connectivity index (χ1) is 14.9. The van der Waals surface area contributed by atoms with E-state index in [0.29, 0.717) is 44.1 Å². The summed E-state index contributed by atoms with van der Waals surface area (Å²) in [5, 5.41) is 12.6. The molecule has 7 nitrogen and oxygen atoms in total. The minimum absolute atomic E-state index is 0.173. The lowest BCUT2D eigenvalue weighted by molar-refractivity contribution is -0.115. The quantitative estimate of drug-likeness (QED) is 0.325. The van der Waals surface area contributed by atoms with Gasteiger partial charge >= 0.3 is 0 Å². The van der Waals surface area contributed by atoms with Crippen LogP contribution in [0.2, 0.25) is 10.0 Å². The number of nitrogens with zero attached hydrogens (tertiary/aromatic N) is 4. The van der Waals surface area contributed by atoms with E-state index in [2.05, 4.69) is 22.1 Å². The van der Waals surface area contributed by atoms with Crippen LogP contribution >= 0.6 is 35.0 Å². The summed E-state index contributed by atoms with van der Waals surface area (Å²) in [6, 6.07) is 12.1. The van der Waals surface area contributed by atoms with E-state index in [0.717, 1.165) is 0 Å². The Balaban J connectivity index is 1.72. The Labute approximate surface area is 191 Å². The predicted octanol–water partition coefficient (Wildman–Crippen LogP) is 4.66. The molecule has 1 atom stereocenters. The van der Waals surface area contributed by atoms with E-state index in [1.165, 1.54) is 16.3 Å². The van der Waals surface area contributed by atoms with Crippen LogP contribution in [0.3, 0.4) is 0 Å². The molecule has 0 aliphatic carbocycles. The van der Waals surface area contributed by atoms with Crippen LogP contribution in [-0.2, 0) is 11.3 Å². The molecule has 0 aliphatic rings. The number of thioether (sulfide) groups is 1. The third-order valence-corrected chi connectivity index (χ3v) is 6.23. The molecule has 2 aromatic carbocycles. The molecule has 0 aliphatic heterocycles. The van der Waals surface area contributed by atoms with Gasteiger partial charge in [0.25, 0.3) is 5.56 Å². The number of hydrogen-bond donors (Lipinski definition) is 1. The average molecular weight is 474 g/mol. The van der Waals surface area contributed by atoms with Crippen LogP contribution < -0.4 is 10.9 Å². The number of carbonyl (C=O) groups is 1. The fourth-order valence-corrected chi connectivity index (χ4v) is 4.34. The van der Waals surface area contributed by atoms with Crippen LogP contribution in [-0.4, -0.2) is 30.3 Å². The lowest BCUT2D eigenvalue weighted by Crippen LogP contribution is -2.24. The first-order valence-corrected chi connectivity index (χ1v) is 10.9. The molecule has 4 aromatic rings. The first kappa shape index (κ1) is 21.4. The number of aromatic nitrogens is 4. The molecular weight excluding hydrogens is 457 g/mol. The van der Waals surface area contributed by atoms with Crippen LogP contribution in [0.25, 0.3) is 16.7 Å². The van der Waals surface area contributed by atoms with E-state index in [1.807, 2.05) is 12.1 Å². The highest BCUT2D eigenvalue weighted by molar-refractivity contribution is 8.00.